The van der Waals surface area contributed by atoms with Crippen LogP contribution < -0.4 is 5.43 Å². The quantitative estimate of drug-likeness (QED) is 0.175. The Morgan fingerprint density at radius 2 is 1.55 bits per heavy atom. The maximum absolute atomic E-state index is 13.7. The van der Waals surface area contributed by atoms with E-state index in [0.29, 0.717) is 5.01 Å². The van der Waals surface area contributed by atoms with Gasteiger partial charge >= 0.3 is 24.0 Å². The number of carboxylic acid groups (broad SMARTS) is 2. The van der Waals surface area contributed by atoms with E-state index in [2.05, 4.69) is 10.4 Å². The molecule has 0 saturated carbocycles. The summed E-state index contributed by atoms with van der Waals surface area (Å²) in [5.74, 6) is -5.45. The van der Waals surface area contributed by atoms with Gasteiger partial charge in [-0.15, -0.1) is 0 Å². The average Bonchev–Trinajstić information content (AvgIpc) is 3.34. The maximum Gasteiger partial charge on any atom is 0.425 e. The molecule has 244 valence electrons. The SMILES string of the molecule is CC[C@H](C)[C@@H](C(=O)O)N(N[C@@](Cc1cn(S(=O)(=O)c2ccc(C)cc2)cn1)(C(=O)O)C(=O)OC(C)(C)C)C(=O)OC(C)(C)C. The van der Waals surface area contributed by atoms with Crippen molar-refractivity contribution in [2.24, 2.45) is 5.92 Å². The Hall–Kier alpha value is -3.98. The van der Waals surface area contributed by atoms with Gasteiger partial charge in [-0.05, 0) is 66.5 Å². The molecule has 2 aromatic rings. The van der Waals surface area contributed by atoms with E-state index in [1.807, 2.05) is 0 Å². The molecule has 1 amide bonds. The molecule has 14 nitrogen and oxygen atoms in total. The van der Waals surface area contributed by atoms with Crippen LogP contribution in [0.1, 0.15) is 73.1 Å². The first kappa shape index (κ1) is 36.2. The van der Waals surface area contributed by atoms with Gasteiger partial charge in [-0.2, -0.15) is 0 Å². The molecule has 0 saturated heterocycles. The Balaban J connectivity index is 2.74. The second-order valence-corrected chi connectivity index (χ2v) is 14.4. The second kappa shape index (κ2) is 13.3. The molecule has 0 aliphatic heterocycles. The number of hydrogen-bond donors (Lipinski definition) is 3. The fourth-order valence-electron chi connectivity index (χ4n) is 3.98. The highest BCUT2D eigenvalue weighted by Gasteiger charge is 2.54. The minimum Gasteiger partial charge on any atom is -0.480 e. The predicted molar refractivity (Wildman–Crippen MR) is 158 cm³/mol. The normalized spacial score (nSPS) is 15.0. The number of esters is 1. The highest BCUT2D eigenvalue weighted by molar-refractivity contribution is 7.90. The van der Waals surface area contributed by atoms with Gasteiger partial charge in [0.1, 0.15) is 17.5 Å². The van der Waals surface area contributed by atoms with Crippen LogP contribution >= 0.6 is 0 Å². The highest BCUT2D eigenvalue weighted by Crippen LogP contribution is 2.25. The van der Waals surface area contributed by atoms with E-state index in [1.54, 1.807) is 26.0 Å². The zero-order valence-corrected chi connectivity index (χ0v) is 27.3. The number of amides is 1. The van der Waals surface area contributed by atoms with Crippen LogP contribution in [-0.2, 0) is 40.3 Å². The number of imidazole rings is 1. The molecule has 1 aromatic heterocycles. The van der Waals surface area contributed by atoms with Crippen molar-refractivity contribution < 1.29 is 47.3 Å². The number of aliphatic carboxylic acids is 2. The third kappa shape index (κ3) is 8.78. The summed E-state index contributed by atoms with van der Waals surface area (Å²) >= 11 is 0. The van der Waals surface area contributed by atoms with Crippen molar-refractivity contribution in [2.45, 2.75) is 103 Å². The monoisotopic (exact) mass is 638 g/mol. The molecule has 3 atom stereocenters. The van der Waals surface area contributed by atoms with E-state index >= 15 is 0 Å². The fourth-order valence-corrected chi connectivity index (χ4v) is 5.14. The Morgan fingerprint density at radius 3 is 2.00 bits per heavy atom. The number of rotatable bonds is 12. The van der Waals surface area contributed by atoms with E-state index in [1.165, 1.54) is 60.6 Å². The van der Waals surface area contributed by atoms with Crippen LogP contribution in [0.15, 0.2) is 41.7 Å². The van der Waals surface area contributed by atoms with Gasteiger partial charge in [-0.25, -0.2) is 47.0 Å². The topological polar surface area (TPSA) is 194 Å². The Bertz CT molecular complexity index is 1470. The summed E-state index contributed by atoms with van der Waals surface area (Å²) in [4.78, 5) is 56.6. The van der Waals surface area contributed by atoms with E-state index < -0.39 is 69.1 Å². The zero-order chi connectivity index (χ0) is 33.8. The zero-order valence-electron chi connectivity index (χ0n) is 26.4. The Kier molecular flexibility index (Phi) is 11.0. The summed E-state index contributed by atoms with van der Waals surface area (Å²) in [5, 5.41) is 21.2. The van der Waals surface area contributed by atoms with Crippen LogP contribution in [0, 0.1) is 12.8 Å². The maximum atomic E-state index is 13.7. The first-order chi connectivity index (χ1) is 20.0. The standard InChI is InChI=1S/C29H42N4O10S/c1-10-19(3)22(23(34)35)33(26(39)43-28(7,8)9)31-29(24(36)37,25(38)42-27(4,5)6)15-20-16-32(17-30-20)44(40,41)21-13-11-18(2)12-14-21/h11-14,16-17,19,22,31H,10,15H2,1-9H3,(H,34,35)(H,36,37)/t19-,22-,29-/m0/s1. The number of carbonyl (C=O) groups is 4. The van der Waals surface area contributed by atoms with E-state index in [0.717, 1.165) is 22.1 Å². The minimum absolute atomic E-state index is 0.0595. The number of benzene rings is 1. The van der Waals surface area contributed by atoms with Crippen molar-refractivity contribution in [3.05, 3.63) is 48.0 Å². The van der Waals surface area contributed by atoms with Crippen molar-refractivity contribution in [3.63, 3.8) is 0 Å². The van der Waals surface area contributed by atoms with E-state index in [4.69, 9.17) is 9.47 Å². The summed E-state index contributed by atoms with van der Waals surface area (Å²) in [6.45, 7) is 14.1. The van der Waals surface area contributed by atoms with Gasteiger partial charge in [0.05, 0.1) is 10.6 Å². The molecule has 1 aromatic carbocycles. The number of aromatic nitrogens is 2. The predicted octanol–water partition coefficient (Wildman–Crippen LogP) is 3.38. The Labute approximate surface area is 257 Å². The molecule has 0 aliphatic rings. The summed E-state index contributed by atoms with van der Waals surface area (Å²) in [5.41, 5.74) is -2.22. The van der Waals surface area contributed by atoms with Gasteiger partial charge in [-0.1, -0.05) is 38.0 Å². The van der Waals surface area contributed by atoms with E-state index in [9.17, 15) is 37.8 Å². The smallest absolute Gasteiger partial charge is 0.425 e. The fraction of sp³-hybridized carbons (Fsp3) is 0.552. The molecule has 0 bridgehead atoms. The lowest BCUT2D eigenvalue weighted by molar-refractivity contribution is -0.177. The highest BCUT2D eigenvalue weighted by atomic mass is 32.2. The van der Waals surface area contributed by atoms with Crippen molar-refractivity contribution in [1.29, 1.82) is 0 Å². The molecule has 0 radical (unpaired) electrons. The van der Waals surface area contributed by atoms with Gasteiger partial charge in [0, 0.05) is 12.6 Å². The van der Waals surface area contributed by atoms with Crippen LogP contribution in [0.2, 0.25) is 0 Å². The molecule has 3 N–H and O–H groups in total. The summed E-state index contributed by atoms with van der Waals surface area (Å²) in [6.07, 6.45) is 0.120. The van der Waals surface area contributed by atoms with Crippen molar-refractivity contribution in [2.75, 3.05) is 0 Å². The minimum atomic E-state index is -4.15. The van der Waals surface area contributed by atoms with Crippen LogP contribution in [0.25, 0.3) is 0 Å². The van der Waals surface area contributed by atoms with Gasteiger partial charge in [0.25, 0.3) is 10.0 Å². The van der Waals surface area contributed by atoms with Crippen molar-refractivity contribution >= 4 is 34.0 Å². The largest absolute Gasteiger partial charge is 0.480 e. The summed E-state index contributed by atoms with van der Waals surface area (Å²) in [7, 11) is -4.15. The molecule has 1 heterocycles. The summed E-state index contributed by atoms with van der Waals surface area (Å²) < 4.78 is 38.0. The van der Waals surface area contributed by atoms with Crippen LogP contribution in [0.3, 0.4) is 0 Å². The molecule has 0 spiro atoms. The van der Waals surface area contributed by atoms with Gasteiger partial charge in [0.2, 0.25) is 5.54 Å². The number of carbonyl (C=O) groups excluding carboxylic acids is 2. The number of carboxylic acids is 2. The van der Waals surface area contributed by atoms with Crippen LogP contribution in [-0.4, -0.2) is 79.4 Å². The van der Waals surface area contributed by atoms with Crippen LogP contribution in [0.5, 0.6) is 0 Å². The van der Waals surface area contributed by atoms with Crippen molar-refractivity contribution in [1.82, 2.24) is 19.4 Å². The molecule has 0 fully saturated rings. The first-order valence-corrected chi connectivity index (χ1v) is 15.3. The summed E-state index contributed by atoms with van der Waals surface area (Å²) in [6, 6.07) is 4.32. The second-order valence-electron chi connectivity index (χ2n) is 12.5. The third-order valence-electron chi connectivity index (χ3n) is 6.38. The molecule has 15 heteroatoms. The molecule has 44 heavy (non-hydrogen) atoms. The lowest BCUT2D eigenvalue weighted by atomic mass is 9.93. The molecule has 0 unspecified atom stereocenters. The number of nitrogens with one attached hydrogen (secondary N) is 1. The van der Waals surface area contributed by atoms with Crippen molar-refractivity contribution in [3.8, 4) is 0 Å². The van der Waals surface area contributed by atoms with E-state index in [-0.39, 0.29) is 17.0 Å². The van der Waals surface area contributed by atoms with Gasteiger partial charge in [0.15, 0.2) is 6.04 Å². The number of ether oxygens (including phenoxy) is 2. The molecule has 0 aliphatic carbocycles. The lowest BCUT2D eigenvalue weighted by Gasteiger charge is -2.40. The number of aryl methyl sites for hydroxylation is 1. The number of hydrazine groups is 1. The lowest BCUT2D eigenvalue weighted by Crippen LogP contribution is -2.70. The first-order valence-electron chi connectivity index (χ1n) is 13.9. The third-order valence-corrected chi connectivity index (χ3v) is 8.01. The molecule has 2 rings (SSSR count). The Morgan fingerprint density at radius 1 is 1.00 bits per heavy atom. The average molecular weight is 639 g/mol. The molecular weight excluding hydrogens is 596 g/mol. The van der Waals surface area contributed by atoms with Gasteiger partial charge < -0.3 is 19.7 Å². The van der Waals surface area contributed by atoms with Gasteiger partial charge in [-0.3, -0.25) is 0 Å². The number of nitrogens with zero attached hydrogens (tertiary/aromatic N) is 3. The van der Waals surface area contributed by atoms with Crippen LogP contribution in [0.4, 0.5) is 4.79 Å². The molecular formula is C29H42N4O10S. The number of hydrogen-bond acceptors (Lipinski definition) is 10.